The molecule has 0 aromatic heterocycles. The summed E-state index contributed by atoms with van der Waals surface area (Å²) in [4.78, 5) is 27.9. The highest BCUT2D eigenvalue weighted by atomic mass is 32.2. The molecule has 0 atom stereocenters. The van der Waals surface area contributed by atoms with Crippen molar-refractivity contribution in [3.05, 3.63) is 40.3 Å². The fourth-order valence-corrected chi connectivity index (χ4v) is 7.84. The number of aryl methyl sites for hydroxylation is 1. The van der Waals surface area contributed by atoms with Gasteiger partial charge in [-0.25, -0.2) is 0 Å². The fraction of sp³-hybridized carbons (Fsp3) is 0.560. The Hall–Kier alpha value is -1.66. The number of hydrogen-bond acceptors (Lipinski definition) is 4. The molecule has 31 heavy (non-hydrogen) atoms. The van der Waals surface area contributed by atoms with E-state index in [0.717, 1.165) is 49.0 Å². The number of carbonyl (C=O) groups excluding carboxylic acids is 2. The van der Waals surface area contributed by atoms with Crippen LogP contribution < -0.4 is 5.32 Å². The van der Waals surface area contributed by atoms with Gasteiger partial charge in [0.05, 0.1) is 4.91 Å². The van der Waals surface area contributed by atoms with Gasteiger partial charge < -0.3 is 5.32 Å². The van der Waals surface area contributed by atoms with Gasteiger partial charge in [0.1, 0.15) is 4.32 Å². The molecule has 5 aliphatic rings. The van der Waals surface area contributed by atoms with E-state index in [9.17, 15) is 9.59 Å². The second kappa shape index (κ2) is 8.36. The Morgan fingerprint density at radius 1 is 1.16 bits per heavy atom. The predicted octanol–water partition coefficient (Wildman–Crippen LogP) is 4.93. The van der Waals surface area contributed by atoms with Crippen molar-refractivity contribution in [3.63, 3.8) is 0 Å². The van der Waals surface area contributed by atoms with Gasteiger partial charge in [0.15, 0.2) is 0 Å². The maximum atomic E-state index is 12.9. The summed E-state index contributed by atoms with van der Waals surface area (Å²) in [6, 6.07) is 8.23. The first-order valence-electron chi connectivity index (χ1n) is 11.6. The molecular formula is C25H30N2O2S2. The van der Waals surface area contributed by atoms with Crippen molar-refractivity contribution in [3.8, 4) is 0 Å². The number of thioether (sulfide) groups is 1. The molecule has 1 aromatic carbocycles. The number of hydrogen-bond donors (Lipinski definition) is 1. The van der Waals surface area contributed by atoms with Gasteiger partial charge in [-0.1, -0.05) is 55.2 Å². The first kappa shape index (κ1) is 21.2. The number of benzene rings is 1. The average Bonchev–Trinajstić information content (AvgIpc) is 2.98. The summed E-state index contributed by atoms with van der Waals surface area (Å²) in [5.74, 6) is 2.38. The topological polar surface area (TPSA) is 49.4 Å². The average molecular weight is 455 g/mol. The minimum absolute atomic E-state index is 0.0197. The highest BCUT2D eigenvalue weighted by Gasteiger charge is 2.51. The van der Waals surface area contributed by atoms with Crippen molar-refractivity contribution < 1.29 is 9.59 Å². The Kier molecular flexibility index (Phi) is 5.72. The van der Waals surface area contributed by atoms with Gasteiger partial charge in [0.2, 0.25) is 5.91 Å². The van der Waals surface area contributed by atoms with Crippen LogP contribution in [0.4, 0.5) is 0 Å². The standard InChI is InChI=1S/C25H30N2O2S2/c1-2-16-3-5-17(6-4-16)12-21-23(29)27(24(30)31-21)8-7-22(28)26-25-13-18-9-19(14-25)11-20(10-18)15-25/h3-6,12,18-20H,2,7-11,13-15H2,1H3,(H,26,28). The van der Waals surface area contributed by atoms with E-state index in [1.807, 2.05) is 18.2 Å². The molecule has 1 aromatic rings. The first-order valence-corrected chi connectivity index (χ1v) is 12.8. The summed E-state index contributed by atoms with van der Waals surface area (Å²) in [6.07, 6.45) is 10.7. The lowest BCUT2D eigenvalue weighted by Gasteiger charge is -2.57. The van der Waals surface area contributed by atoms with Gasteiger partial charge in [-0.2, -0.15) is 0 Å². The summed E-state index contributed by atoms with van der Waals surface area (Å²) in [6.45, 7) is 2.48. The zero-order valence-electron chi connectivity index (χ0n) is 18.1. The predicted molar refractivity (Wildman–Crippen MR) is 129 cm³/mol. The molecule has 4 aliphatic carbocycles. The van der Waals surface area contributed by atoms with E-state index in [1.165, 1.54) is 36.6 Å². The number of rotatable bonds is 6. The normalized spacial score (nSPS) is 32.9. The molecule has 1 N–H and O–H groups in total. The summed E-state index contributed by atoms with van der Waals surface area (Å²) in [5.41, 5.74) is 2.29. The molecule has 6 heteroatoms. The Morgan fingerprint density at radius 3 is 2.35 bits per heavy atom. The van der Waals surface area contributed by atoms with E-state index < -0.39 is 0 Å². The van der Waals surface area contributed by atoms with Gasteiger partial charge in [-0.05, 0) is 79.9 Å². The summed E-state index contributed by atoms with van der Waals surface area (Å²) >= 11 is 6.78. The van der Waals surface area contributed by atoms with Crippen LogP contribution in [0.1, 0.15) is 63.0 Å². The maximum absolute atomic E-state index is 12.9. The maximum Gasteiger partial charge on any atom is 0.266 e. The molecule has 1 saturated heterocycles. The molecule has 0 unspecified atom stereocenters. The third-order valence-electron chi connectivity index (χ3n) is 7.56. The highest BCUT2D eigenvalue weighted by Crippen LogP contribution is 2.55. The number of nitrogens with zero attached hydrogens (tertiary/aromatic N) is 1. The van der Waals surface area contributed by atoms with Gasteiger partial charge >= 0.3 is 0 Å². The quantitative estimate of drug-likeness (QED) is 0.489. The van der Waals surface area contributed by atoms with Crippen molar-refractivity contribution in [1.82, 2.24) is 10.2 Å². The Morgan fingerprint density at radius 2 is 1.77 bits per heavy atom. The molecule has 4 saturated carbocycles. The van der Waals surface area contributed by atoms with E-state index in [0.29, 0.717) is 22.2 Å². The largest absolute Gasteiger partial charge is 0.351 e. The number of amides is 2. The lowest BCUT2D eigenvalue weighted by atomic mass is 9.53. The number of thiocarbonyl (C=S) groups is 1. The molecule has 2 amide bonds. The minimum Gasteiger partial charge on any atom is -0.351 e. The van der Waals surface area contributed by atoms with Crippen LogP contribution in [0.25, 0.3) is 6.08 Å². The van der Waals surface area contributed by atoms with Crippen LogP contribution in [0.2, 0.25) is 0 Å². The smallest absolute Gasteiger partial charge is 0.266 e. The van der Waals surface area contributed by atoms with Crippen molar-refractivity contribution in [1.29, 1.82) is 0 Å². The molecular weight excluding hydrogens is 424 g/mol. The van der Waals surface area contributed by atoms with Crippen LogP contribution in [0, 0.1) is 17.8 Å². The summed E-state index contributed by atoms with van der Waals surface area (Å²) in [7, 11) is 0. The van der Waals surface area contributed by atoms with Crippen LogP contribution in [0.3, 0.4) is 0 Å². The highest BCUT2D eigenvalue weighted by molar-refractivity contribution is 8.26. The molecule has 1 aliphatic heterocycles. The van der Waals surface area contributed by atoms with Gasteiger partial charge in [-0.15, -0.1) is 0 Å². The van der Waals surface area contributed by atoms with E-state index in [-0.39, 0.29) is 17.4 Å². The van der Waals surface area contributed by atoms with Crippen LogP contribution >= 0.6 is 24.0 Å². The molecule has 5 fully saturated rings. The zero-order valence-corrected chi connectivity index (χ0v) is 19.7. The molecule has 164 valence electrons. The number of carbonyl (C=O) groups is 2. The molecule has 1 heterocycles. The van der Waals surface area contributed by atoms with E-state index in [2.05, 4.69) is 24.4 Å². The lowest BCUT2D eigenvalue weighted by Crippen LogP contribution is -2.60. The van der Waals surface area contributed by atoms with Crippen molar-refractivity contribution in [2.24, 2.45) is 17.8 Å². The summed E-state index contributed by atoms with van der Waals surface area (Å²) in [5, 5.41) is 3.40. The van der Waals surface area contributed by atoms with Crippen molar-refractivity contribution in [2.45, 2.75) is 63.8 Å². The van der Waals surface area contributed by atoms with Gasteiger partial charge in [0, 0.05) is 18.5 Å². The molecule has 0 spiro atoms. The first-order chi connectivity index (χ1) is 14.9. The Balaban J connectivity index is 1.18. The van der Waals surface area contributed by atoms with E-state index in [1.54, 1.807) is 4.90 Å². The Bertz CT molecular complexity index is 902. The van der Waals surface area contributed by atoms with Crippen LogP contribution in [-0.2, 0) is 16.0 Å². The fourth-order valence-electron chi connectivity index (χ4n) is 6.53. The van der Waals surface area contributed by atoms with Crippen LogP contribution in [0.15, 0.2) is 29.2 Å². The second-order valence-corrected chi connectivity index (χ2v) is 11.6. The van der Waals surface area contributed by atoms with Gasteiger partial charge in [-0.3, -0.25) is 14.5 Å². The third kappa shape index (κ3) is 4.34. The van der Waals surface area contributed by atoms with Crippen LogP contribution in [-0.4, -0.2) is 33.1 Å². The minimum atomic E-state index is -0.0860. The number of nitrogens with one attached hydrogen (secondary N) is 1. The molecule has 4 nitrogen and oxygen atoms in total. The van der Waals surface area contributed by atoms with Crippen LogP contribution in [0.5, 0.6) is 0 Å². The third-order valence-corrected chi connectivity index (χ3v) is 8.94. The SMILES string of the molecule is CCc1ccc(C=C2SC(=S)N(CCC(=O)NC34CC5CC(CC(C5)C3)C4)C2=O)cc1. The second-order valence-electron chi connectivity index (χ2n) is 9.92. The van der Waals surface area contributed by atoms with Gasteiger partial charge in [0.25, 0.3) is 5.91 Å². The van der Waals surface area contributed by atoms with Crippen molar-refractivity contribution in [2.75, 3.05) is 6.54 Å². The monoisotopic (exact) mass is 454 g/mol. The van der Waals surface area contributed by atoms with E-state index in [4.69, 9.17) is 12.2 Å². The van der Waals surface area contributed by atoms with Crippen molar-refractivity contribution >= 4 is 46.2 Å². The lowest BCUT2D eigenvalue weighted by molar-refractivity contribution is -0.127. The molecule has 0 radical (unpaired) electrons. The molecule has 6 rings (SSSR count). The zero-order chi connectivity index (χ0) is 21.6. The summed E-state index contributed by atoms with van der Waals surface area (Å²) < 4.78 is 0.545. The molecule has 4 bridgehead atoms. The Labute approximate surface area is 194 Å². The van der Waals surface area contributed by atoms with E-state index >= 15 is 0 Å².